The van der Waals surface area contributed by atoms with E-state index < -0.39 is 0 Å². The fraction of sp³-hybridized carbons (Fsp3) is 0.727. The molecule has 82 valence electrons. The Labute approximate surface area is 94.5 Å². The molecule has 0 aromatic carbocycles. The van der Waals surface area contributed by atoms with Gasteiger partial charge in [-0.15, -0.1) is 11.3 Å². The lowest BCUT2D eigenvalue weighted by Gasteiger charge is -2.23. The Morgan fingerprint density at radius 2 is 2.53 bits per heavy atom. The van der Waals surface area contributed by atoms with Crippen LogP contribution in [-0.4, -0.2) is 35.6 Å². The van der Waals surface area contributed by atoms with Crippen LogP contribution in [0.4, 0.5) is 0 Å². The van der Waals surface area contributed by atoms with E-state index in [-0.39, 0.29) is 0 Å². The minimum Gasteiger partial charge on any atom is -0.316 e. The van der Waals surface area contributed by atoms with Gasteiger partial charge in [0.2, 0.25) is 0 Å². The van der Waals surface area contributed by atoms with Crippen molar-refractivity contribution in [1.29, 1.82) is 0 Å². The highest BCUT2D eigenvalue weighted by atomic mass is 32.1. The van der Waals surface area contributed by atoms with E-state index in [1.54, 1.807) is 11.3 Å². The summed E-state index contributed by atoms with van der Waals surface area (Å²) in [4.78, 5) is 6.96. The molecule has 0 aliphatic carbocycles. The van der Waals surface area contributed by atoms with Crippen LogP contribution in [0.15, 0.2) is 10.9 Å². The van der Waals surface area contributed by atoms with Gasteiger partial charge >= 0.3 is 0 Å². The molecule has 0 spiro atoms. The van der Waals surface area contributed by atoms with Crippen molar-refractivity contribution >= 4 is 11.3 Å². The molecule has 0 radical (unpaired) electrons. The maximum atomic E-state index is 4.37. The number of aromatic nitrogens is 1. The molecule has 3 unspecified atom stereocenters. The molecule has 4 heteroatoms. The molecule has 0 bridgehead atoms. The molecule has 2 saturated heterocycles. The van der Waals surface area contributed by atoms with E-state index >= 15 is 0 Å². The van der Waals surface area contributed by atoms with Gasteiger partial charge < -0.3 is 5.32 Å². The molecule has 2 aliphatic rings. The van der Waals surface area contributed by atoms with Crippen LogP contribution in [0.25, 0.3) is 0 Å². The maximum absolute atomic E-state index is 4.37. The first-order chi connectivity index (χ1) is 7.34. The summed E-state index contributed by atoms with van der Waals surface area (Å²) in [5.41, 5.74) is 3.16. The topological polar surface area (TPSA) is 28.2 Å². The third kappa shape index (κ3) is 1.71. The van der Waals surface area contributed by atoms with Crippen LogP contribution in [0.1, 0.15) is 12.6 Å². The van der Waals surface area contributed by atoms with E-state index in [4.69, 9.17) is 0 Å². The summed E-state index contributed by atoms with van der Waals surface area (Å²) in [5.74, 6) is 1.74. The highest BCUT2D eigenvalue weighted by molar-refractivity contribution is 7.07. The molecule has 1 N–H and O–H groups in total. The number of fused-ring (bicyclic) bond motifs is 1. The second-order valence-electron chi connectivity index (χ2n) is 4.73. The molecule has 2 aliphatic heterocycles. The highest BCUT2D eigenvalue weighted by Gasteiger charge is 2.41. The molecule has 3 atom stereocenters. The van der Waals surface area contributed by atoms with Gasteiger partial charge in [0.25, 0.3) is 0 Å². The zero-order chi connectivity index (χ0) is 10.3. The zero-order valence-electron chi connectivity index (χ0n) is 9.02. The average molecular weight is 223 g/mol. The molecule has 3 nitrogen and oxygen atoms in total. The number of hydrogen-bond donors (Lipinski definition) is 1. The Morgan fingerprint density at radius 3 is 3.27 bits per heavy atom. The van der Waals surface area contributed by atoms with Gasteiger partial charge in [-0.05, 0) is 31.8 Å². The molecule has 15 heavy (non-hydrogen) atoms. The molecule has 1 aromatic heterocycles. The van der Waals surface area contributed by atoms with Crippen molar-refractivity contribution in [2.24, 2.45) is 11.8 Å². The third-order valence-electron chi connectivity index (χ3n) is 3.91. The molecule has 3 heterocycles. The summed E-state index contributed by atoms with van der Waals surface area (Å²) < 4.78 is 0. The molecule has 1 aromatic rings. The van der Waals surface area contributed by atoms with Crippen LogP contribution in [-0.2, 0) is 6.54 Å². The lowest BCUT2D eigenvalue weighted by Crippen LogP contribution is -2.32. The van der Waals surface area contributed by atoms with Gasteiger partial charge in [0.05, 0.1) is 11.2 Å². The number of nitrogens with zero attached hydrogens (tertiary/aromatic N) is 2. The van der Waals surface area contributed by atoms with Gasteiger partial charge in [0.15, 0.2) is 0 Å². The van der Waals surface area contributed by atoms with Crippen molar-refractivity contribution in [2.75, 3.05) is 19.6 Å². The Kier molecular flexibility index (Phi) is 2.50. The number of likely N-dealkylation sites (tertiary alicyclic amines) is 1. The summed E-state index contributed by atoms with van der Waals surface area (Å²) in [6.45, 7) is 7.07. The third-order valence-corrected chi connectivity index (χ3v) is 4.54. The quantitative estimate of drug-likeness (QED) is 0.816. The van der Waals surface area contributed by atoms with Crippen molar-refractivity contribution in [1.82, 2.24) is 15.2 Å². The number of thiazole rings is 1. The van der Waals surface area contributed by atoms with Crippen LogP contribution < -0.4 is 5.32 Å². The van der Waals surface area contributed by atoms with E-state index in [1.165, 1.54) is 25.3 Å². The summed E-state index contributed by atoms with van der Waals surface area (Å²) in [6, 6.07) is 0.715. The smallest absolute Gasteiger partial charge is 0.0795 e. The Hall–Kier alpha value is -0.450. The first-order valence-electron chi connectivity index (χ1n) is 5.66. The van der Waals surface area contributed by atoms with Crippen molar-refractivity contribution in [3.63, 3.8) is 0 Å². The molecule has 0 saturated carbocycles. The first-order valence-corrected chi connectivity index (χ1v) is 6.60. The maximum Gasteiger partial charge on any atom is 0.0795 e. The zero-order valence-corrected chi connectivity index (χ0v) is 9.83. The van der Waals surface area contributed by atoms with Gasteiger partial charge in [-0.3, -0.25) is 4.90 Å². The second kappa shape index (κ2) is 3.85. The standard InChI is InChI=1S/C11H17N3S/c1-8-11-3-12-2-9(11)4-14(8)5-10-6-15-7-13-10/h6-9,11-12H,2-5H2,1H3. The van der Waals surface area contributed by atoms with Crippen molar-refractivity contribution in [2.45, 2.75) is 19.5 Å². The van der Waals surface area contributed by atoms with Gasteiger partial charge in [0.1, 0.15) is 0 Å². The monoisotopic (exact) mass is 223 g/mol. The second-order valence-corrected chi connectivity index (χ2v) is 5.45. The first kappa shape index (κ1) is 9.75. The summed E-state index contributed by atoms with van der Waals surface area (Å²) >= 11 is 1.70. The van der Waals surface area contributed by atoms with Crippen LogP contribution >= 0.6 is 11.3 Å². The van der Waals surface area contributed by atoms with Crippen molar-refractivity contribution in [3.05, 3.63) is 16.6 Å². The lowest BCUT2D eigenvalue weighted by molar-refractivity contribution is 0.229. The average Bonchev–Trinajstić information content (AvgIpc) is 2.89. The fourth-order valence-corrected chi connectivity index (χ4v) is 3.54. The van der Waals surface area contributed by atoms with E-state index in [0.29, 0.717) is 6.04 Å². The highest BCUT2D eigenvalue weighted by Crippen LogP contribution is 2.33. The van der Waals surface area contributed by atoms with Gasteiger partial charge in [0, 0.05) is 24.5 Å². The van der Waals surface area contributed by atoms with Gasteiger partial charge in [-0.25, -0.2) is 4.98 Å². The summed E-state index contributed by atoms with van der Waals surface area (Å²) in [6.07, 6.45) is 0. The minimum atomic E-state index is 0.715. The van der Waals surface area contributed by atoms with E-state index in [0.717, 1.165) is 18.4 Å². The number of nitrogens with one attached hydrogen (secondary N) is 1. The van der Waals surface area contributed by atoms with Crippen LogP contribution in [0.3, 0.4) is 0 Å². The van der Waals surface area contributed by atoms with E-state index in [2.05, 4.69) is 27.5 Å². The molecular formula is C11H17N3S. The summed E-state index contributed by atoms with van der Waals surface area (Å²) in [5, 5.41) is 5.66. The summed E-state index contributed by atoms with van der Waals surface area (Å²) in [7, 11) is 0. The van der Waals surface area contributed by atoms with Gasteiger partial charge in [-0.2, -0.15) is 0 Å². The molecule has 2 fully saturated rings. The molecular weight excluding hydrogens is 206 g/mol. The Morgan fingerprint density at radius 1 is 1.60 bits per heavy atom. The van der Waals surface area contributed by atoms with Gasteiger partial charge in [-0.1, -0.05) is 0 Å². The number of rotatable bonds is 2. The minimum absolute atomic E-state index is 0.715. The predicted molar refractivity (Wildman–Crippen MR) is 61.8 cm³/mol. The largest absolute Gasteiger partial charge is 0.316 e. The van der Waals surface area contributed by atoms with Crippen molar-refractivity contribution < 1.29 is 0 Å². The van der Waals surface area contributed by atoms with E-state index in [1.807, 2.05) is 5.51 Å². The Bertz CT molecular complexity index is 325. The SMILES string of the molecule is CC1C2CNCC2CN1Cc1cscn1. The molecule has 3 rings (SSSR count). The fourth-order valence-electron chi connectivity index (χ4n) is 2.99. The van der Waals surface area contributed by atoms with Crippen LogP contribution in [0.5, 0.6) is 0 Å². The Balaban J connectivity index is 1.68. The van der Waals surface area contributed by atoms with Crippen molar-refractivity contribution in [3.8, 4) is 0 Å². The number of hydrogen-bond acceptors (Lipinski definition) is 4. The predicted octanol–water partition coefficient (Wildman–Crippen LogP) is 1.18. The van der Waals surface area contributed by atoms with E-state index in [9.17, 15) is 0 Å². The van der Waals surface area contributed by atoms with Crippen LogP contribution in [0, 0.1) is 11.8 Å². The molecule has 0 amide bonds. The van der Waals surface area contributed by atoms with Crippen LogP contribution in [0.2, 0.25) is 0 Å². The normalized spacial score (nSPS) is 35.9. The lowest BCUT2D eigenvalue weighted by atomic mass is 9.95.